The van der Waals surface area contributed by atoms with E-state index in [2.05, 4.69) is 77.3 Å². The van der Waals surface area contributed by atoms with E-state index >= 15 is 0 Å². The van der Waals surface area contributed by atoms with Gasteiger partial charge in [-0.25, -0.2) is 4.79 Å². The van der Waals surface area contributed by atoms with Crippen LogP contribution in [0.2, 0.25) is 0 Å². The summed E-state index contributed by atoms with van der Waals surface area (Å²) in [5.74, 6) is -1.76. The molecule has 0 aliphatic heterocycles. The third-order valence-electron chi connectivity index (χ3n) is 9.15. The highest BCUT2D eigenvalue weighted by atomic mass is 35.5. The van der Waals surface area contributed by atoms with Crippen molar-refractivity contribution in [2.45, 2.75) is 117 Å². The lowest BCUT2D eigenvalue weighted by Crippen LogP contribution is -2.54. The molecule has 2 unspecified atom stereocenters. The van der Waals surface area contributed by atoms with Gasteiger partial charge >= 0.3 is 11.0 Å². The second-order valence-electron chi connectivity index (χ2n) is 14.9. The molecular formula is C40H53ClN2O6. The smallest absolute Gasteiger partial charge is 0.335 e. The molecule has 0 aromatic heterocycles. The summed E-state index contributed by atoms with van der Waals surface area (Å²) in [6, 6.07) is 19.0. The molecule has 3 aromatic carbocycles. The number of benzene rings is 3. The Balaban J connectivity index is 1.90. The average Bonchev–Trinajstić information content (AvgIpc) is 3.04. The molecule has 9 heteroatoms. The number of hydrogen-bond acceptors (Lipinski definition) is 6. The number of amides is 1. The van der Waals surface area contributed by atoms with Gasteiger partial charge in [0.15, 0.2) is 6.23 Å². The van der Waals surface area contributed by atoms with E-state index in [0.717, 1.165) is 37.0 Å². The molecule has 3 N–H and O–H groups in total. The lowest BCUT2D eigenvalue weighted by Gasteiger charge is -2.32. The Labute approximate surface area is 296 Å². The minimum absolute atomic E-state index is 0.0246. The lowest BCUT2D eigenvalue weighted by molar-refractivity contribution is -0.144. The Morgan fingerprint density at radius 2 is 1.43 bits per heavy atom. The minimum Gasteiger partial charge on any atom is -0.478 e. The number of ketones is 1. The van der Waals surface area contributed by atoms with Crippen LogP contribution in [-0.4, -0.2) is 34.1 Å². The van der Waals surface area contributed by atoms with Crippen LogP contribution < -0.4 is 20.1 Å². The second kappa shape index (κ2) is 15.7. The number of anilines is 2. The molecule has 0 saturated heterocycles. The Kier molecular flexibility index (Phi) is 12.6. The number of aromatic carboxylic acids is 1. The molecular weight excluding hydrogens is 640 g/mol. The number of nitrogens with one attached hydrogen (secondary N) is 2. The number of ether oxygens (including phenoxy) is 2. The van der Waals surface area contributed by atoms with Crippen molar-refractivity contribution in [3.8, 4) is 11.5 Å². The maximum atomic E-state index is 13.7. The molecule has 2 atom stereocenters. The molecule has 0 aliphatic rings. The predicted molar refractivity (Wildman–Crippen MR) is 198 cm³/mol. The van der Waals surface area contributed by atoms with Gasteiger partial charge in [-0.15, -0.1) is 0 Å². The first-order valence-corrected chi connectivity index (χ1v) is 17.4. The van der Waals surface area contributed by atoms with Crippen LogP contribution in [0.25, 0.3) is 0 Å². The summed E-state index contributed by atoms with van der Waals surface area (Å²) in [6.45, 7) is 20.4. The van der Waals surface area contributed by atoms with E-state index in [4.69, 9.17) is 21.1 Å². The SMILES string of the molecule is CCCC(Nc1cccc(NC(=O)C(Cl)(Oc2ccc(C(=O)O)cc2)C(=O)C(C)(C)C)c1)Oc1ccc(C(C)(C)CC)cc1C(C)(C)CC. The number of carbonyl (C=O) groups is 3. The van der Waals surface area contributed by atoms with Gasteiger partial charge in [0.1, 0.15) is 11.5 Å². The number of alkyl halides is 1. The highest BCUT2D eigenvalue weighted by molar-refractivity contribution is 6.47. The fraction of sp³-hybridized carbons (Fsp3) is 0.475. The van der Waals surface area contributed by atoms with Crippen LogP contribution >= 0.6 is 11.6 Å². The molecule has 0 heterocycles. The molecule has 3 aromatic rings. The van der Waals surface area contributed by atoms with Crippen LogP contribution in [0, 0.1) is 5.41 Å². The molecule has 0 aliphatic carbocycles. The summed E-state index contributed by atoms with van der Waals surface area (Å²) < 4.78 is 12.5. The van der Waals surface area contributed by atoms with Crippen LogP contribution in [0.15, 0.2) is 66.7 Å². The van der Waals surface area contributed by atoms with Crippen molar-refractivity contribution in [2.75, 3.05) is 10.6 Å². The Morgan fingerprint density at radius 1 is 0.816 bits per heavy atom. The van der Waals surface area contributed by atoms with Gasteiger partial charge < -0.3 is 25.2 Å². The van der Waals surface area contributed by atoms with Crippen LogP contribution in [0.1, 0.15) is 116 Å². The largest absolute Gasteiger partial charge is 0.478 e. The standard InChI is InChI=1S/C40H53ClN2O6/c1-11-15-33(48-32-23-20-27(38(7,8)12-2)24-31(32)39(9,10)13-3)42-28-16-14-17-29(25-28)43-36(47)40(41,35(46)37(4,5)6)49-30-21-18-26(19-22-30)34(44)45/h14,16-25,33,42H,11-13,15H2,1-10H3,(H,43,47)(H,44,45). The van der Waals surface area contributed by atoms with Gasteiger partial charge in [0, 0.05) is 28.8 Å². The summed E-state index contributed by atoms with van der Waals surface area (Å²) in [5.41, 5.74) is 2.46. The third-order valence-corrected chi connectivity index (χ3v) is 9.57. The van der Waals surface area contributed by atoms with Crippen LogP contribution in [-0.2, 0) is 20.4 Å². The van der Waals surface area contributed by atoms with E-state index < -0.39 is 28.1 Å². The number of carboxylic acids is 1. The first-order valence-electron chi connectivity index (χ1n) is 17.0. The number of hydrogen-bond donors (Lipinski definition) is 3. The Hall–Kier alpha value is -4.04. The van der Waals surface area contributed by atoms with Crippen molar-refractivity contribution in [2.24, 2.45) is 5.41 Å². The third kappa shape index (κ3) is 9.78. The molecule has 49 heavy (non-hydrogen) atoms. The van der Waals surface area contributed by atoms with Crippen molar-refractivity contribution >= 4 is 40.6 Å². The summed E-state index contributed by atoms with van der Waals surface area (Å²) in [4.78, 5) is 38.6. The lowest BCUT2D eigenvalue weighted by atomic mass is 9.76. The van der Waals surface area contributed by atoms with Gasteiger partial charge in [0.25, 0.3) is 5.91 Å². The average molecular weight is 693 g/mol. The van der Waals surface area contributed by atoms with E-state index in [1.165, 1.54) is 29.8 Å². The van der Waals surface area contributed by atoms with Gasteiger partial charge in [-0.3, -0.25) is 9.59 Å². The number of Topliss-reactive ketones (excluding diaryl/α,β-unsaturated/α-hetero) is 1. The Morgan fingerprint density at radius 3 is 1.98 bits per heavy atom. The summed E-state index contributed by atoms with van der Waals surface area (Å²) in [5, 5.41) is 13.0. The van der Waals surface area contributed by atoms with Crippen molar-refractivity contribution in [3.63, 3.8) is 0 Å². The van der Waals surface area contributed by atoms with Crippen LogP contribution in [0.5, 0.6) is 11.5 Å². The molecule has 3 rings (SSSR count). The fourth-order valence-corrected chi connectivity index (χ4v) is 5.56. The number of halogens is 1. The zero-order valence-corrected chi connectivity index (χ0v) is 31.4. The van der Waals surface area contributed by atoms with Gasteiger partial charge in [0.2, 0.25) is 5.78 Å². The summed E-state index contributed by atoms with van der Waals surface area (Å²) in [7, 11) is 0. The highest BCUT2D eigenvalue weighted by Crippen LogP contribution is 2.39. The molecule has 0 fully saturated rings. The second-order valence-corrected chi connectivity index (χ2v) is 15.4. The Bertz CT molecular complexity index is 1630. The highest BCUT2D eigenvalue weighted by Gasteiger charge is 2.51. The van der Waals surface area contributed by atoms with Crippen molar-refractivity contribution in [1.29, 1.82) is 0 Å². The number of carbonyl (C=O) groups excluding carboxylic acids is 2. The van der Waals surface area contributed by atoms with E-state index in [0.29, 0.717) is 11.4 Å². The number of rotatable bonds is 16. The van der Waals surface area contributed by atoms with E-state index in [-0.39, 0.29) is 28.4 Å². The molecule has 0 spiro atoms. The van der Waals surface area contributed by atoms with Crippen LogP contribution in [0.3, 0.4) is 0 Å². The van der Waals surface area contributed by atoms with Gasteiger partial charge in [0.05, 0.1) is 5.56 Å². The zero-order chi connectivity index (χ0) is 36.8. The van der Waals surface area contributed by atoms with Gasteiger partial charge in [-0.2, -0.15) is 0 Å². The monoisotopic (exact) mass is 692 g/mol. The maximum Gasteiger partial charge on any atom is 0.335 e. The number of carboxylic acid groups (broad SMARTS) is 1. The molecule has 266 valence electrons. The predicted octanol–water partition coefficient (Wildman–Crippen LogP) is 9.94. The molecule has 1 amide bonds. The van der Waals surface area contributed by atoms with E-state index in [1.807, 2.05) is 6.07 Å². The molecule has 0 bridgehead atoms. The van der Waals surface area contributed by atoms with E-state index in [1.54, 1.807) is 39.0 Å². The van der Waals surface area contributed by atoms with Gasteiger partial charge in [-0.05, 0) is 77.8 Å². The van der Waals surface area contributed by atoms with Crippen molar-refractivity contribution < 1.29 is 29.0 Å². The zero-order valence-electron chi connectivity index (χ0n) is 30.6. The molecule has 0 radical (unpaired) electrons. The molecule has 8 nitrogen and oxygen atoms in total. The summed E-state index contributed by atoms with van der Waals surface area (Å²) in [6.07, 6.45) is 3.21. The topological polar surface area (TPSA) is 114 Å². The van der Waals surface area contributed by atoms with Crippen molar-refractivity contribution in [1.82, 2.24) is 0 Å². The molecule has 0 saturated carbocycles. The fourth-order valence-electron chi connectivity index (χ4n) is 5.14. The van der Waals surface area contributed by atoms with E-state index in [9.17, 15) is 19.5 Å². The van der Waals surface area contributed by atoms with Gasteiger partial charge in [-0.1, -0.05) is 105 Å². The summed E-state index contributed by atoms with van der Waals surface area (Å²) >= 11 is 6.74. The van der Waals surface area contributed by atoms with Crippen molar-refractivity contribution in [3.05, 3.63) is 83.4 Å². The quantitative estimate of drug-likeness (QED) is 0.0778. The normalized spacial score (nSPS) is 13.9. The minimum atomic E-state index is -2.43. The van der Waals surface area contributed by atoms with Crippen LogP contribution in [0.4, 0.5) is 11.4 Å². The first kappa shape index (κ1) is 39.4. The maximum absolute atomic E-state index is 13.7. The first-order chi connectivity index (χ1) is 22.8.